The highest BCUT2D eigenvalue weighted by Crippen LogP contribution is 2.29. The van der Waals surface area contributed by atoms with Gasteiger partial charge in [-0.25, -0.2) is 0 Å². The lowest BCUT2D eigenvalue weighted by molar-refractivity contribution is -0.121. The van der Waals surface area contributed by atoms with E-state index in [9.17, 15) is 4.79 Å². The summed E-state index contributed by atoms with van der Waals surface area (Å²) in [6.07, 6.45) is 6.02. The summed E-state index contributed by atoms with van der Waals surface area (Å²) in [5.74, 6) is 0.986. The Balaban J connectivity index is 1.57. The number of hydrogen-bond donors (Lipinski definition) is 1. The first kappa shape index (κ1) is 17.0. The summed E-state index contributed by atoms with van der Waals surface area (Å²) in [5, 5.41) is 12.1. The van der Waals surface area contributed by atoms with E-state index in [2.05, 4.69) is 20.5 Å². The van der Waals surface area contributed by atoms with E-state index in [1.165, 1.54) is 0 Å². The number of hydrogen-bond acceptors (Lipinski definition) is 5. The molecule has 0 radical (unpaired) electrons. The molecule has 0 saturated carbocycles. The number of amides is 1. The number of carbonyl (C=O) groups is 1. The molecule has 4 aromatic rings. The Morgan fingerprint density at radius 1 is 1.19 bits per heavy atom. The van der Waals surface area contributed by atoms with Crippen molar-refractivity contribution >= 4 is 16.8 Å². The molecule has 0 aliphatic rings. The van der Waals surface area contributed by atoms with Crippen molar-refractivity contribution in [1.29, 1.82) is 0 Å². The second-order valence-corrected chi connectivity index (χ2v) is 6.18. The van der Waals surface area contributed by atoms with Crippen molar-refractivity contribution in [3.63, 3.8) is 0 Å². The Kier molecular flexibility index (Phi) is 4.65. The predicted octanol–water partition coefficient (Wildman–Crippen LogP) is 2.97. The van der Waals surface area contributed by atoms with Crippen molar-refractivity contribution in [2.24, 2.45) is 0 Å². The zero-order valence-corrected chi connectivity index (χ0v) is 14.9. The molecule has 0 aliphatic carbocycles. The fourth-order valence-electron chi connectivity index (χ4n) is 2.97. The molecule has 0 spiro atoms. The number of benzene rings is 1. The third-order valence-corrected chi connectivity index (χ3v) is 4.31. The second-order valence-electron chi connectivity index (χ2n) is 6.18. The molecule has 3 heterocycles. The third-order valence-electron chi connectivity index (χ3n) is 4.31. The van der Waals surface area contributed by atoms with Crippen LogP contribution in [0.3, 0.4) is 0 Å². The van der Waals surface area contributed by atoms with Crippen molar-refractivity contribution in [2.45, 2.75) is 26.4 Å². The van der Waals surface area contributed by atoms with Crippen LogP contribution in [-0.2, 0) is 24.3 Å². The van der Waals surface area contributed by atoms with Crippen LogP contribution in [0.15, 0.2) is 59.4 Å². The molecular formula is C20H19N5O2. The Morgan fingerprint density at radius 3 is 2.85 bits per heavy atom. The molecule has 0 atom stereocenters. The average Bonchev–Trinajstić information content (AvgIpc) is 3.32. The number of nitrogens with zero attached hydrogens (tertiary/aromatic N) is 4. The summed E-state index contributed by atoms with van der Waals surface area (Å²) in [4.78, 5) is 16.5. The predicted molar refractivity (Wildman–Crippen MR) is 101 cm³/mol. The molecule has 1 amide bonds. The molecule has 1 aromatic carbocycles. The van der Waals surface area contributed by atoms with E-state index in [0.717, 1.165) is 22.0 Å². The minimum atomic E-state index is -0.0778. The molecule has 7 nitrogen and oxygen atoms in total. The maximum Gasteiger partial charge on any atom is 0.249 e. The second kappa shape index (κ2) is 7.41. The summed E-state index contributed by atoms with van der Waals surface area (Å²) in [7, 11) is 0. The van der Waals surface area contributed by atoms with Crippen LogP contribution in [0.2, 0.25) is 0 Å². The molecule has 0 bridgehead atoms. The molecule has 0 aliphatic heterocycles. The third kappa shape index (κ3) is 3.57. The minimum absolute atomic E-state index is 0.0778. The van der Waals surface area contributed by atoms with Gasteiger partial charge < -0.3 is 14.3 Å². The van der Waals surface area contributed by atoms with Crippen LogP contribution in [-0.4, -0.2) is 25.7 Å². The summed E-state index contributed by atoms with van der Waals surface area (Å²) >= 11 is 0. The lowest BCUT2D eigenvalue weighted by Gasteiger charge is -2.07. The Hall–Kier alpha value is -3.48. The number of nitrogens with one attached hydrogen (secondary N) is 1. The van der Waals surface area contributed by atoms with Crippen LogP contribution in [0.25, 0.3) is 22.4 Å². The number of fused-ring (bicyclic) bond motifs is 1. The zero-order chi connectivity index (χ0) is 18.6. The first-order valence-corrected chi connectivity index (χ1v) is 8.81. The average molecular weight is 361 g/mol. The monoisotopic (exact) mass is 361 g/mol. The van der Waals surface area contributed by atoms with Gasteiger partial charge >= 0.3 is 0 Å². The lowest BCUT2D eigenvalue weighted by atomic mass is 10.2. The van der Waals surface area contributed by atoms with Gasteiger partial charge in [0.1, 0.15) is 6.54 Å². The fraction of sp³-hybridized carbons (Fsp3) is 0.200. The van der Waals surface area contributed by atoms with Gasteiger partial charge in [0.25, 0.3) is 0 Å². The van der Waals surface area contributed by atoms with Gasteiger partial charge in [-0.1, -0.05) is 31.2 Å². The Bertz CT molecular complexity index is 1070. The van der Waals surface area contributed by atoms with Gasteiger partial charge in [0.15, 0.2) is 0 Å². The van der Waals surface area contributed by atoms with Crippen molar-refractivity contribution in [2.75, 3.05) is 0 Å². The molecule has 7 heteroatoms. The van der Waals surface area contributed by atoms with E-state index >= 15 is 0 Å². The molecule has 3 aromatic heterocycles. The van der Waals surface area contributed by atoms with E-state index in [1.807, 2.05) is 54.1 Å². The quantitative estimate of drug-likeness (QED) is 0.571. The van der Waals surface area contributed by atoms with Gasteiger partial charge in [-0.05, 0) is 17.7 Å². The largest absolute Gasteiger partial charge is 0.421 e. The standard InChI is InChI=1S/C20H19N5O2/c1-2-19-23-24-20(27-19)16-12-25(17-8-4-3-7-15(16)17)13-18(26)22-11-14-6-5-9-21-10-14/h3-10,12H,2,11,13H2,1H3,(H,22,26). The number of carbonyl (C=O) groups excluding carboxylic acids is 1. The smallest absolute Gasteiger partial charge is 0.249 e. The number of rotatable bonds is 6. The molecule has 0 unspecified atom stereocenters. The van der Waals surface area contributed by atoms with Crippen LogP contribution in [0.1, 0.15) is 18.4 Å². The van der Waals surface area contributed by atoms with E-state index in [4.69, 9.17) is 4.42 Å². The van der Waals surface area contributed by atoms with Crippen molar-refractivity contribution in [1.82, 2.24) is 25.1 Å². The molecule has 4 rings (SSSR count). The normalized spacial score (nSPS) is 11.0. The molecule has 136 valence electrons. The maximum atomic E-state index is 12.4. The van der Waals surface area contributed by atoms with Crippen LogP contribution < -0.4 is 5.32 Å². The van der Waals surface area contributed by atoms with Crippen LogP contribution in [0.5, 0.6) is 0 Å². The van der Waals surface area contributed by atoms with Gasteiger partial charge in [0.05, 0.1) is 5.56 Å². The zero-order valence-electron chi connectivity index (χ0n) is 14.9. The van der Waals surface area contributed by atoms with Crippen molar-refractivity contribution < 1.29 is 9.21 Å². The summed E-state index contributed by atoms with van der Waals surface area (Å²) in [6.45, 7) is 2.62. The lowest BCUT2D eigenvalue weighted by Crippen LogP contribution is -2.26. The Labute approximate surface area is 156 Å². The number of aromatic nitrogens is 4. The van der Waals surface area contributed by atoms with Crippen molar-refractivity contribution in [3.05, 3.63) is 66.4 Å². The first-order valence-electron chi connectivity index (χ1n) is 8.81. The van der Waals surface area contributed by atoms with Crippen molar-refractivity contribution in [3.8, 4) is 11.5 Å². The van der Waals surface area contributed by atoms with Crippen LogP contribution in [0.4, 0.5) is 0 Å². The molecule has 0 fully saturated rings. The number of aryl methyl sites for hydroxylation is 1. The molecular weight excluding hydrogens is 342 g/mol. The van der Waals surface area contributed by atoms with Gasteiger partial charge in [0.2, 0.25) is 17.7 Å². The summed E-state index contributed by atoms with van der Waals surface area (Å²) in [5.41, 5.74) is 2.74. The highest BCUT2D eigenvalue weighted by Gasteiger charge is 2.16. The first-order chi connectivity index (χ1) is 13.2. The molecule has 1 N–H and O–H groups in total. The van der Waals surface area contributed by atoms with E-state index < -0.39 is 0 Å². The summed E-state index contributed by atoms with van der Waals surface area (Å²) < 4.78 is 7.61. The van der Waals surface area contributed by atoms with Crippen LogP contribution in [0, 0.1) is 0 Å². The summed E-state index contributed by atoms with van der Waals surface area (Å²) in [6, 6.07) is 11.6. The van der Waals surface area contributed by atoms with E-state index in [-0.39, 0.29) is 12.5 Å². The van der Waals surface area contributed by atoms with Gasteiger partial charge in [-0.2, -0.15) is 0 Å². The Morgan fingerprint density at radius 2 is 2.07 bits per heavy atom. The fourth-order valence-corrected chi connectivity index (χ4v) is 2.97. The van der Waals surface area contributed by atoms with Gasteiger partial charge in [-0.15, -0.1) is 10.2 Å². The SMILES string of the molecule is CCc1nnc(-c2cn(CC(=O)NCc3cccnc3)c3ccccc23)o1. The van der Waals surface area contributed by atoms with Gasteiger partial charge in [-0.3, -0.25) is 9.78 Å². The maximum absolute atomic E-state index is 12.4. The topological polar surface area (TPSA) is 85.8 Å². The highest BCUT2D eigenvalue weighted by atomic mass is 16.4. The molecule has 27 heavy (non-hydrogen) atoms. The van der Waals surface area contributed by atoms with Crippen LogP contribution >= 0.6 is 0 Å². The number of pyridine rings is 1. The minimum Gasteiger partial charge on any atom is -0.421 e. The number of para-hydroxylation sites is 1. The van der Waals surface area contributed by atoms with E-state index in [1.54, 1.807) is 12.4 Å². The van der Waals surface area contributed by atoms with Gasteiger partial charge in [0, 0.05) is 42.5 Å². The van der Waals surface area contributed by atoms with E-state index in [0.29, 0.717) is 24.7 Å². The molecule has 0 saturated heterocycles. The highest BCUT2D eigenvalue weighted by molar-refractivity contribution is 5.94.